The molecule has 0 saturated heterocycles. The molecule has 0 radical (unpaired) electrons. The molecule has 0 saturated carbocycles. The number of aryl methyl sites for hydroxylation is 1. The van der Waals surface area contributed by atoms with E-state index in [0.29, 0.717) is 6.04 Å². The van der Waals surface area contributed by atoms with Crippen molar-refractivity contribution in [3.63, 3.8) is 0 Å². The van der Waals surface area contributed by atoms with Gasteiger partial charge in [-0.25, -0.2) is 0 Å². The maximum absolute atomic E-state index is 4.29. The number of nitrogens with zero attached hydrogens (tertiary/aromatic N) is 2. The summed E-state index contributed by atoms with van der Waals surface area (Å²) < 4.78 is 0. The van der Waals surface area contributed by atoms with Crippen molar-refractivity contribution in [2.75, 3.05) is 13.6 Å². The number of hydrogen-bond donors (Lipinski definition) is 2. The van der Waals surface area contributed by atoms with Crippen LogP contribution in [0.5, 0.6) is 0 Å². The van der Waals surface area contributed by atoms with Crippen LogP contribution in [0, 0.1) is 6.92 Å². The Hall–Kier alpha value is -1.88. The first-order valence-electron chi connectivity index (χ1n) is 7.59. The van der Waals surface area contributed by atoms with Crippen molar-refractivity contribution in [1.82, 2.24) is 15.6 Å². The van der Waals surface area contributed by atoms with E-state index in [2.05, 4.69) is 52.7 Å². The molecule has 2 aromatic heterocycles. The highest BCUT2D eigenvalue weighted by Crippen LogP contribution is 2.16. The lowest BCUT2D eigenvalue weighted by Gasteiger charge is -2.17. The molecule has 0 fully saturated rings. The minimum absolute atomic E-state index is 0.350. The lowest BCUT2D eigenvalue weighted by atomic mass is 10.2. The van der Waals surface area contributed by atoms with Crippen molar-refractivity contribution in [2.24, 2.45) is 4.99 Å². The SMILES string of the molecule is CN=C(NCCc1cccnc1)NC(C)Cc1ccc(C)s1. The Morgan fingerprint density at radius 3 is 2.86 bits per heavy atom. The molecule has 118 valence electrons. The third kappa shape index (κ3) is 5.48. The lowest BCUT2D eigenvalue weighted by Crippen LogP contribution is -2.43. The Kier molecular flexibility index (Phi) is 6.40. The quantitative estimate of drug-likeness (QED) is 0.636. The van der Waals surface area contributed by atoms with E-state index in [-0.39, 0.29) is 0 Å². The third-order valence-electron chi connectivity index (χ3n) is 3.34. The van der Waals surface area contributed by atoms with Crippen LogP contribution >= 0.6 is 11.3 Å². The molecule has 2 aromatic rings. The van der Waals surface area contributed by atoms with Crippen LogP contribution in [0.1, 0.15) is 22.2 Å². The van der Waals surface area contributed by atoms with Gasteiger partial charge in [-0.3, -0.25) is 9.98 Å². The van der Waals surface area contributed by atoms with E-state index in [0.717, 1.165) is 25.3 Å². The largest absolute Gasteiger partial charge is 0.356 e. The molecule has 0 aliphatic rings. The van der Waals surface area contributed by atoms with Crippen LogP contribution in [0.15, 0.2) is 41.7 Å². The van der Waals surface area contributed by atoms with Gasteiger partial charge >= 0.3 is 0 Å². The summed E-state index contributed by atoms with van der Waals surface area (Å²) in [7, 11) is 1.81. The summed E-state index contributed by atoms with van der Waals surface area (Å²) in [5.74, 6) is 0.852. The van der Waals surface area contributed by atoms with Gasteiger partial charge in [-0.05, 0) is 44.0 Å². The topological polar surface area (TPSA) is 49.3 Å². The summed E-state index contributed by atoms with van der Waals surface area (Å²) in [5.41, 5.74) is 1.23. The normalized spacial score (nSPS) is 13.0. The maximum Gasteiger partial charge on any atom is 0.191 e. The average Bonchev–Trinajstić information content (AvgIpc) is 2.92. The first-order valence-corrected chi connectivity index (χ1v) is 8.40. The summed E-state index contributed by atoms with van der Waals surface area (Å²) >= 11 is 1.86. The molecule has 0 aliphatic heterocycles. The Bertz CT molecular complexity index is 592. The number of pyridine rings is 1. The predicted molar refractivity (Wildman–Crippen MR) is 94.7 cm³/mol. The maximum atomic E-state index is 4.29. The Morgan fingerprint density at radius 1 is 1.36 bits per heavy atom. The molecule has 2 rings (SSSR count). The van der Waals surface area contributed by atoms with Crippen LogP contribution in [-0.4, -0.2) is 30.6 Å². The van der Waals surface area contributed by atoms with Crippen LogP contribution in [0.25, 0.3) is 0 Å². The summed E-state index contributed by atoms with van der Waals surface area (Å²) in [6, 6.07) is 8.78. The van der Waals surface area contributed by atoms with Crippen molar-refractivity contribution in [3.8, 4) is 0 Å². The standard InChI is InChI=1S/C17H24N4S/c1-13(11-16-7-6-14(2)22-16)21-17(18-3)20-10-8-15-5-4-9-19-12-15/h4-7,9,12-13H,8,10-11H2,1-3H3,(H2,18,20,21). The smallest absolute Gasteiger partial charge is 0.191 e. The molecular weight excluding hydrogens is 292 g/mol. The van der Waals surface area contributed by atoms with E-state index in [9.17, 15) is 0 Å². The number of rotatable bonds is 6. The fourth-order valence-corrected chi connectivity index (χ4v) is 3.27. The first kappa shape index (κ1) is 16.5. The van der Waals surface area contributed by atoms with Gasteiger partial charge < -0.3 is 10.6 Å². The fraction of sp³-hybridized carbons (Fsp3) is 0.412. The van der Waals surface area contributed by atoms with Crippen LogP contribution in [0.2, 0.25) is 0 Å². The predicted octanol–water partition coefficient (Wildman–Crippen LogP) is 2.79. The average molecular weight is 316 g/mol. The van der Waals surface area contributed by atoms with Crippen LogP contribution in [-0.2, 0) is 12.8 Å². The molecule has 5 heteroatoms. The molecule has 2 heterocycles. The van der Waals surface area contributed by atoms with Crippen LogP contribution < -0.4 is 10.6 Å². The molecule has 0 aromatic carbocycles. The molecule has 1 atom stereocenters. The van der Waals surface area contributed by atoms with Crippen molar-refractivity contribution in [3.05, 3.63) is 52.0 Å². The monoisotopic (exact) mass is 316 g/mol. The molecule has 0 amide bonds. The number of thiophene rings is 1. The number of nitrogens with one attached hydrogen (secondary N) is 2. The fourth-order valence-electron chi connectivity index (χ4n) is 2.25. The van der Waals surface area contributed by atoms with E-state index in [4.69, 9.17) is 0 Å². The zero-order chi connectivity index (χ0) is 15.8. The van der Waals surface area contributed by atoms with Gasteiger partial charge in [-0.1, -0.05) is 6.07 Å². The van der Waals surface area contributed by atoms with Gasteiger partial charge in [0.05, 0.1) is 0 Å². The highest BCUT2D eigenvalue weighted by Gasteiger charge is 2.07. The molecule has 4 nitrogen and oxygen atoms in total. The first-order chi connectivity index (χ1) is 10.7. The van der Waals surface area contributed by atoms with Crippen molar-refractivity contribution in [2.45, 2.75) is 32.7 Å². The molecule has 2 N–H and O–H groups in total. The van der Waals surface area contributed by atoms with E-state index >= 15 is 0 Å². The van der Waals surface area contributed by atoms with E-state index < -0.39 is 0 Å². The molecular formula is C17H24N4S. The van der Waals surface area contributed by atoms with Crippen molar-refractivity contribution >= 4 is 17.3 Å². The Balaban J connectivity index is 1.74. The van der Waals surface area contributed by atoms with E-state index in [1.54, 1.807) is 13.2 Å². The minimum Gasteiger partial charge on any atom is -0.356 e. The summed E-state index contributed by atoms with van der Waals surface area (Å²) in [5, 5.41) is 6.79. The van der Waals surface area contributed by atoms with Gasteiger partial charge in [-0.15, -0.1) is 11.3 Å². The van der Waals surface area contributed by atoms with Gasteiger partial charge in [-0.2, -0.15) is 0 Å². The second-order valence-corrected chi connectivity index (χ2v) is 6.74. The summed E-state index contributed by atoms with van der Waals surface area (Å²) in [6.07, 6.45) is 5.65. The molecule has 1 unspecified atom stereocenters. The number of hydrogen-bond acceptors (Lipinski definition) is 3. The Morgan fingerprint density at radius 2 is 2.23 bits per heavy atom. The minimum atomic E-state index is 0.350. The van der Waals surface area contributed by atoms with Crippen molar-refractivity contribution in [1.29, 1.82) is 0 Å². The lowest BCUT2D eigenvalue weighted by molar-refractivity contribution is 0.644. The second-order valence-electron chi connectivity index (χ2n) is 5.37. The van der Waals surface area contributed by atoms with Crippen molar-refractivity contribution < 1.29 is 0 Å². The molecule has 0 spiro atoms. The summed E-state index contributed by atoms with van der Waals surface area (Å²) in [4.78, 5) is 11.2. The zero-order valence-corrected chi connectivity index (χ0v) is 14.3. The Labute approximate surface area is 136 Å². The van der Waals surface area contributed by atoms with Crippen LogP contribution in [0.3, 0.4) is 0 Å². The number of aromatic nitrogens is 1. The van der Waals surface area contributed by atoms with Gasteiger partial charge in [0.1, 0.15) is 0 Å². The van der Waals surface area contributed by atoms with Gasteiger partial charge in [0.2, 0.25) is 0 Å². The highest BCUT2D eigenvalue weighted by molar-refractivity contribution is 7.11. The van der Waals surface area contributed by atoms with Gasteiger partial charge in [0.25, 0.3) is 0 Å². The van der Waals surface area contributed by atoms with Gasteiger partial charge in [0.15, 0.2) is 5.96 Å². The van der Waals surface area contributed by atoms with E-state index in [1.807, 2.05) is 23.6 Å². The molecule has 0 aliphatic carbocycles. The summed E-state index contributed by atoms with van der Waals surface area (Å²) in [6.45, 7) is 5.17. The molecule has 0 bridgehead atoms. The van der Waals surface area contributed by atoms with E-state index in [1.165, 1.54) is 15.3 Å². The number of aliphatic imine (C=N–C) groups is 1. The van der Waals surface area contributed by atoms with Crippen LogP contribution in [0.4, 0.5) is 0 Å². The second kappa shape index (κ2) is 8.54. The highest BCUT2D eigenvalue weighted by atomic mass is 32.1. The zero-order valence-electron chi connectivity index (χ0n) is 13.5. The number of guanidine groups is 1. The third-order valence-corrected chi connectivity index (χ3v) is 4.36. The molecule has 22 heavy (non-hydrogen) atoms. The van der Waals surface area contributed by atoms with Gasteiger partial charge in [0, 0.05) is 48.2 Å².